The Morgan fingerprint density at radius 3 is 2.19 bits per heavy atom. The molecule has 0 aromatic heterocycles. The minimum Gasteiger partial charge on any atom is -0.480 e. The zero-order chi connectivity index (χ0) is 12.6. The van der Waals surface area contributed by atoms with Gasteiger partial charge in [0.25, 0.3) is 0 Å². The Morgan fingerprint density at radius 2 is 1.75 bits per heavy atom. The summed E-state index contributed by atoms with van der Waals surface area (Å²) in [4.78, 5) is 10.9. The fourth-order valence-electron chi connectivity index (χ4n) is 1.50. The van der Waals surface area contributed by atoms with Gasteiger partial charge in [-0.15, -0.1) is 0 Å². The van der Waals surface area contributed by atoms with Crippen LogP contribution in [0.4, 0.5) is 0 Å². The topological polar surface area (TPSA) is 124 Å². The summed E-state index contributed by atoms with van der Waals surface area (Å²) in [6.07, 6.45) is 2.10. The normalized spacial score (nSPS) is 14.5. The summed E-state index contributed by atoms with van der Waals surface area (Å²) in [6.45, 7) is -0.0818. The van der Waals surface area contributed by atoms with E-state index >= 15 is 0 Å². The van der Waals surface area contributed by atoms with Gasteiger partial charge in [-0.2, -0.15) is 0 Å². The third-order valence-corrected chi connectivity index (χ3v) is 2.54. The van der Waals surface area contributed by atoms with Crippen molar-refractivity contribution in [3.05, 3.63) is 0 Å². The predicted molar refractivity (Wildman–Crippen MR) is 59.7 cm³/mol. The van der Waals surface area contributed by atoms with Crippen molar-refractivity contribution in [2.75, 3.05) is 6.61 Å². The molecule has 0 aliphatic heterocycles. The van der Waals surface area contributed by atoms with Crippen LogP contribution in [0.15, 0.2) is 0 Å². The summed E-state index contributed by atoms with van der Waals surface area (Å²) in [5.74, 6) is -1.08. The molecule has 6 N–H and O–H groups in total. The summed E-state index contributed by atoms with van der Waals surface area (Å²) in [5, 5.41) is 34.8. The number of hydrogen-bond acceptors (Lipinski definition) is 5. The van der Waals surface area contributed by atoms with Crippen LogP contribution in [-0.4, -0.2) is 45.5 Å². The highest BCUT2D eigenvalue weighted by molar-refractivity contribution is 6.40. The molecule has 6 nitrogen and oxygen atoms in total. The zero-order valence-corrected chi connectivity index (χ0v) is 9.30. The number of aliphatic hydroxyl groups excluding tert-OH is 1. The van der Waals surface area contributed by atoms with Gasteiger partial charge in [-0.1, -0.05) is 12.8 Å². The largest absolute Gasteiger partial charge is 0.480 e. The highest BCUT2D eigenvalue weighted by Crippen LogP contribution is 2.19. The third-order valence-electron chi connectivity index (χ3n) is 2.54. The summed E-state index contributed by atoms with van der Waals surface area (Å²) < 4.78 is 0. The van der Waals surface area contributed by atoms with Gasteiger partial charge < -0.3 is 26.0 Å². The lowest BCUT2D eigenvalue weighted by molar-refractivity contribution is -0.144. The second kappa shape index (κ2) is 7.62. The van der Waals surface area contributed by atoms with Crippen LogP contribution in [0.3, 0.4) is 0 Å². The Bertz CT molecular complexity index is 214. The number of unbranched alkanes of at least 4 members (excludes halogenated alkanes) is 1. The number of aliphatic hydroxyl groups is 1. The molecule has 0 heterocycles. The van der Waals surface area contributed by atoms with E-state index in [1.165, 1.54) is 0 Å². The molecular weight excluding hydrogens is 213 g/mol. The van der Waals surface area contributed by atoms with Gasteiger partial charge in [-0.05, 0) is 25.6 Å². The van der Waals surface area contributed by atoms with Crippen molar-refractivity contribution in [1.29, 1.82) is 0 Å². The standard InChI is InChI=1S/C9H20BNO5/c11-9(8(13)14,5-3-7-12)4-1-2-6-10(15)16/h12,15-16H,1-7,11H2,(H,13,14). The van der Waals surface area contributed by atoms with Crippen LogP contribution < -0.4 is 5.73 Å². The summed E-state index contributed by atoms with van der Waals surface area (Å²) in [6, 6.07) is 0. The number of carboxylic acids is 1. The van der Waals surface area contributed by atoms with E-state index < -0.39 is 18.6 Å². The van der Waals surface area contributed by atoms with E-state index in [0.29, 0.717) is 19.3 Å². The second-order valence-electron chi connectivity index (χ2n) is 4.01. The molecule has 0 bridgehead atoms. The molecule has 0 radical (unpaired) electrons. The molecular formula is C9H20BNO5. The Hall–Kier alpha value is -0.625. The van der Waals surface area contributed by atoms with Crippen LogP contribution in [0.25, 0.3) is 0 Å². The first kappa shape index (κ1) is 15.4. The Morgan fingerprint density at radius 1 is 1.19 bits per heavy atom. The number of carbonyl (C=O) groups is 1. The average molecular weight is 233 g/mol. The van der Waals surface area contributed by atoms with Crippen molar-refractivity contribution in [2.24, 2.45) is 5.73 Å². The zero-order valence-electron chi connectivity index (χ0n) is 9.30. The van der Waals surface area contributed by atoms with Gasteiger partial charge in [0.2, 0.25) is 0 Å². The van der Waals surface area contributed by atoms with Gasteiger partial charge in [0.15, 0.2) is 0 Å². The van der Waals surface area contributed by atoms with Crippen molar-refractivity contribution in [2.45, 2.75) is 44.0 Å². The van der Waals surface area contributed by atoms with E-state index in [0.717, 1.165) is 0 Å². The first-order valence-corrected chi connectivity index (χ1v) is 5.41. The maximum absolute atomic E-state index is 10.9. The fourth-order valence-corrected chi connectivity index (χ4v) is 1.50. The maximum atomic E-state index is 10.9. The quantitative estimate of drug-likeness (QED) is 0.262. The molecule has 0 saturated heterocycles. The van der Waals surface area contributed by atoms with E-state index in [4.69, 9.17) is 26.0 Å². The van der Waals surface area contributed by atoms with E-state index in [9.17, 15) is 4.79 Å². The lowest BCUT2D eigenvalue weighted by Crippen LogP contribution is -2.48. The predicted octanol–water partition coefficient (Wildman–Crippen LogP) is -0.816. The van der Waals surface area contributed by atoms with Gasteiger partial charge in [0.05, 0.1) is 0 Å². The molecule has 1 atom stereocenters. The van der Waals surface area contributed by atoms with Gasteiger partial charge in [-0.3, -0.25) is 4.79 Å². The lowest BCUT2D eigenvalue weighted by atomic mass is 9.81. The first-order valence-electron chi connectivity index (χ1n) is 5.41. The van der Waals surface area contributed by atoms with E-state index in [1.807, 2.05) is 0 Å². The number of nitrogens with two attached hydrogens (primary N) is 1. The van der Waals surface area contributed by atoms with Crippen LogP contribution in [-0.2, 0) is 4.79 Å². The molecule has 0 aromatic rings. The molecule has 0 fully saturated rings. The van der Waals surface area contributed by atoms with Gasteiger partial charge >= 0.3 is 13.1 Å². The summed E-state index contributed by atoms with van der Waals surface area (Å²) in [5.41, 5.74) is 4.39. The molecule has 7 heteroatoms. The fraction of sp³-hybridized carbons (Fsp3) is 0.889. The molecule has 0 amide bonds. The average Bonchev–Trinajstić information content (AvgIpc) is 2.21. The van der Waals surface area contributed by atoms with Crippen molar-refractivity contribution in [1.82, 2.24) is 0 Å². The molecule has 0 aliphatic carbocycles. The maximum Gasteiger partial charge on any atom is 0.451 e. The van der Waals surface area contributed by atoms with Crippen molar-refractivity contribution >= 4 is 13.1 Å². The van der Waals surface area contributed by atoms with E-state index in [-0.39, 0.29) is 25.8 Å². The highest BCUT2D eigenvalue weighted by atomic mass is 16.4. The first-order chi connectivity index (χ1) is 7.42. The Kier molecular flexibility index (Phi) is 7.32. The van der Waals surface area contributed by atoms with Crippen molar-refractivity contribution < 1.29 is 25.1 Å². The number of hydrogen-bond donors (Lipinski definition) is 5. The molecule has 1 unspecified atom stereocenters. The second-order valence-corrected chi connectivity index (χ2v) is 4.01. The molecule has 0 aromatic carbocycles. The Balaban J connectivity index is 3.98. The monoisotopic (exact) mass is 233 g/mol. The molecule has 94 valence electrons. The molecule has 0 rings (SSSR count). The lowest BCUT2D eigenvalue weighted by Gasteiger charge is -2.24. The molecule has 0 aliphatic rings. The number of rotatable bonds is 9. The molecule has 0 spiro atoms. The molecule has 16 heavy (non-hydrogen) atoms. The highest BCUT2D eigenvalue weighted by Gasteiger charge is 2.32. The minimum absolute atomic E-state index is 0.0818. The number of carboxylic acid groups (broad SMARTS) is 1. The smallest absolute Gasteiger partial charge is 0.451 e. The van der Waals surface area contributed by atoms with Crippen molar-refractivity contribution in [3.8, 4) is 0 Å². The van der Waals surface area contributed by atoms with E-state index in [2.05, 4.69) is 0 Å². The summed E-state index contributed by atoms with van der Waals surface area (Å²) in [7, 11) is -1.35. The van der Waals surface area contributed by atoms with Crippen molar-refractivity contribution in [3.63, 3.8) is 0 Å². The number of aliphatic carboxylic acids is 1. The third kappa shape index (κ3) is 6.07. The van der Waals surface area contributed by atoms with E-state index in [1.54, 1.807) is 0 Å². The van der Waals surface area contributed by atoms with Gasteiger partial charge in [-0.25, -0.2) is 0 Å². The molecule has 0 saturated carbocycles. The minimum atomic E-state index is -1.35. The van der Waals surface area contributed by atoms with Crippen LogP contribution in [0, 0.1) is 0 Å². The van der Waals surface area contributed by atoms with Crippen LogP contribution in [0.5, 0.6) is 0 Å². The Labute approximate surface area is 95.2 Å². The van der Waals surface area contributed by atoms with Crippen LogP contribution in [0.2, 0.25) is 6.32 Å². The SMILES string of the molecule is NC(CCCO)(CCCCB(O)O)C(=O)O. The van der Waals surface area contributed by atoms with Gasteiger partial charge in [0.1, 0.15) is 5.54 Å². The van der Waals surface area contributed by atoms with Gasteiger partial charge in [0, 0.05) is 6.61 Å². The van der Waals surface area contributed by atoms with Crippen LogP contribution >= 0.6 is 0 Å². The van der Waals surface area contributed by atoms with Crippen LogP contribution in [0.1, 0.15) is 32.1 Å². The summed E-state index contributed by atoms with van der Waals surface area (Å²) >= 11 is 0.